The van der Waals surface area contributed by atoms with Crippen LogP contribution in [0, 0.1) is 0 Å². The zero-order valence-corrected chi connectivity index (χ0v) is 22.6. The van der Waals surface area contributed by atoms with Gasteiger partial charge in [-0.15, -0.1) is 11.3 Å². The van der Waals surface area contributed by atoms with E-state index in [1.807, 2.05) is 12.1 Å². The molecule has 3 aromatic rings. The number of ether oxygens (including phenoxy) is 1. The van der Waals surface area contributed by atoms with Crippen molar-refractivity contribution >= 4 is 45.7 Å². The average Bonchev–Trinajstić information content (AvgIpc) is 3.33. The molecule has 0 aliphatic heterocycles. The molecular formula is C23H26ClN2O6PS2. The molecule has 0 unspecified atom stereocenters. The predicted molar refractivity (Wildman–Crippen MR) is 138 cm³/mol. The first-order valence-electron chi connectivity index (χ1n) is 11.2. The Morgan fingerprint density at radius 2 is 1.83 bits per heavy atom. The number of fused-ring (bicyclic) bond motifs is 3. The van der Waals surface area contributed by atoms with Gasteiger partial charge in [0.05, 0.1) is 36.6 Å². The van der Waals surface area contributed by atoms with E-state index < -0.39 is 17.6 Å². The Labute approximate surface area is 214 Å². The fourth-order valence-electron chi connectivity index (χ4n) is 3.74. The van der Waals surface area contributed by atoms with Gasteiger partial charge in [-0.05, 0) is 62.2 Å². The zero-order chi connectivity index (χ0) is 25.1. The molecule has 188 valence electrons. The van der Waals surface area contributed by atoms with Crippen LogP contribution in [0.1, 0.15) is 30.7 Å². The molecule has 0 radical (unpaired) electrons. The lowest BCUT2D eigenvalue weighted by molar-refractivity contribution is 0.216. The number of anilines is 1. The Hall–Kier alpha value is -1.94. The van der Waals surface area contributed by atoms with Crippen molar-refractivity contribution in [2.75, 3.05) is 30.7 Å². The van der Waals surface area contributed by atoms with E-state index in [0.29, 0.717) is 48.6 Å². The summed E-state index contributed by atoms with van der Waals surface area (Å²) in [5.41, 5.74) is 2.86. The van der Waals surface area contributed by atoms with Crippen molar-refractivity contribution in [1.29, 1.82) is 0 Å². The number of rotatable bonds is 12. The Kier molecular flexibility index (Phi) is 8.20. The van der Waals surface area contributed by atoms with Crippen LogP contribution in [0.4, 0.5) is 5.13 Å². The first kappa shape index (κ1) is 26.1. The third-order valence-corrected chi connectivity index (χ3v) is 10.1. The van der Waals surface area contributed by atoms with Gasteiger partial charge in [0, 0.05) is 21.9 Å². The second-order valence-corrected chi connectivity index (χ2v) is 13.1. The van der Waals surface area contributed by atoms with E-state index in [1.54, 1.807) is 32.0 Å². The van der Waals surface area contributed by atoms with E-state index in [0.717, 1.165) is 21.7 Å². The van der Waals surface area contributed by atoms with Gasteiger partial charge in [0.1, 0.15) is 5.75 Å². The maximum absolute atomic E-state index is 12.9. The van der Waals surface area contributed by atoms with Crippen molar-refractivity contribution in [3.8, 4) is 17.0 Å². The summed E-state index contributed by atoms with van der Waals surface area (Å²) in [6.07, 6.45) is 1.41. The minimum absolute atomic E-state index is 0.101. The van der Waals surface area contributed by atoms with Crippen molar-refractivity contribution in [3.63, 3.8) is 0 Å². The van der Waals surface area contributed by atoms with Gasteiger partial charge in [-0.3, -0.25) is 9.29 Å². The highest BCUT2D eigenvalue weighted by molar-refractivity contribution is 7.93. The average molecular weight is 557 g/mol. The number of halogens is 1. The molecule has 35 heavy (non-hydrogen) atoms. The van der Waals surface area contributed by atoms with Crippen molar-refractivity contribution < 1.29 is 26.8 Å². The van der Waals surface area contributed by atoms with E-state index in [9.17, 15) is 13.0 Å². The summed E-state index contributed by atoms with van der Waals surface area (Å²) in [6, 6.07) is 11.7. The third-order valence-electron chi connectivity index (χ3n) is 5.22. The standard InChI is InChI=1S/C23H26ClN2O6PS2/c1-3-31-33(27,32-4-2)13-5-12-30-18-7-9-19(10-8-18)35(28,29)26-23-25-22-20-11-6-17(24)14-16(20)15-21(22)34-23/h6-11,14H,3-5,12-13,15H2,1-2H3,(H,25,26). The molecule has 2 aromatic carbocycles. The fraction of sp³-hybridized carbons (Fsp3) is 0.348. The quantitative estimate of drug-likeness (QED) is 0.163. The van der Waals surface area contributed by atoms with Gasteiger partial charge in [-0.1, -0.05) is 17.7 Å². The van der Waals surface area contributed by atoms with E-state index >= 15 is 0 Å². The van der Waals surface area contributed by atoms with Crippen LogP contribution >= 0.6 is 30.5 Å². The first-order chi connectivity index (χ1) is 16.7. The molecule has 0 saturated heterocycles. The molecule has 0 fully saturated rings. The van der Waals surface area contributed by atoms with Gasteiger partial charge in [0.25, 0.3) is 10.0 Å². The Morgan fingerprint density at radius 1 is 1.11 bits per heavy atom. The monoisotopic (exact) mass is 556 g/mol. The first-order valence-corrected chi connectivity index (χ1v) is 15.6. The summed E-state index contributed by atoms with van der Waals surface area (Å²) < 4.78 is 56.9. The number of hydrogen-bond acceptors (Lipinski definition) is 8. The molecule has 0 atom stereocenters. The van der Waals surface area contributed by atoms with E-state index in [1.165, 1.54) is 23.5 Å². The number of hydrogen-bond donors (Lipinski definition) is 1. The van der Waals surface area contributed by atoms with Crippen molar-refractivity contribution in [3.05, 3.63) is 57.9 Å². The summed E-state index contributed by atoms with van der Waals surface area (Å²) in [4.78, 5) is 5.61. The molecule has 0 saturated carbocycles. The van der Waals surface area contributed by atoms with Gasteiger partial charge >= 0.3 is 7.60 Å². The third kappa shape index (κ3) is 6.25. The fourth-order valence-corrected chi connectivity index (χ4v) is 7.80. The minimum Gasteiger partial charge on any atom is -0.494 e. The Balaban J connectivity index is 1.34. The Morgan fingerprint density at radius 3 is 2.51 bits per heavy atom. The number of nitrogens with one attached hydrogen (secondary N) is 1. The topological polar surface area (TPSA) is 104 Å². The molecule has 12 heteroatoms. The van der Waals surface area contributed by atoms with Gasteiger partial charge in [0.15, 0.2) is 5.13 Å². The Bertz CT molecular complexity index is 1330. The molecule has 4 rings (SSSR count). The summed E-state index contributed by atoms with van der Waals surface area (Å²) in [5, 5.41) is 0.993. The molecule has 1 aliphatic rings. The molecule has 1 N–H and O–H groups in total. The molecule has 0 amide bonds. The lowest BCUT2D eigenvalue weighted by Gasteiger charge is -2.16. The van der Waals surface area contributed by atoms with Gasteiger partial charge in [-0.2, -0.15) is 0 Å². The van der Waals surface area contributed by atoms with Crippen LogP contribution in [-0.4, -0.2) is 39.4 Å². The van der Waals surface area contributed by atoms with Gasteiger partial charge in [-0.25, -0.2) is 13.4 Å². The van der Waals surface area contributed by atoms with Gasteiger partial charge < -0.3 is 13.8 Å². The highest BCUT2D eigenvalue weighted by Gasteiger charge is 2.26. The van der Waals surface area contributed by atoms with Crippen LogP contribution in [0.15, 0.2) is 47.4 Å². The van der Waals surface area contributed by atoms with Crippen LogP contribution in [0.25, 0.3) is 11.3 Å². The maximum Gasteiger partial charge on any atom is 0.330 e. The highest BCUT2D eigenvalue weighted by Crippen LogP contribution is 2.48. The SMILES string of the molecule is CCOP(=O)(CCCOc1ccc(S(=O)(=O)Nc2nc3c(s2)Cc2cc(Cl)ccc2-3)cc1)OCC. The number of benzene rings is 2. The smallest absolute Gasteiger partial charge is 0.330 e. The molecular weight excluding hydrogens is 531 g/mol. The number of thiazole rings is 1. The summed E-state index contributed by atoms with van der Waals surface area (Å²) in [6.45, 7) is 4.46. The van der Waals surface area contributed by atoms with Crippen LogP contribution in [-0.2, 0) is 30.1 Å². The zero-order valence-electron chi connectivity index (χ0n) is 19.3. The van der Waals surface area contributed by atoms with E-state index in [4.69, 9.17) is 25.4 Å². The molecule has 1 heterocycles. The lowest BCUT2D eigenvalue weighted by atomic mass is 10.1. The number of nitrogens with zero attached hydrogens (tertiary/aromatic N) is 1. The summed E-state index contributed by atoms with van der Waals surface area (Å²) >= 11 is 7.39. The maximum atomic E-state index is 12.9. The van der Waals surface area contributed by atoms with E-state index in [-0.39, 0.29) is 11.1 Å². The lowest BCUT2D eigenvalue weighted by Crippen LogP contribution is -2.12. The molecule has 0 bridgehead atoms. The van der Waals surface area contributed by atoms with Crippen LogP contribution in [0.2, 0.25) is 5.02 Å². The molecule has 8 nitrogen and oxygen atoms in total. The van der Waals surface area contributed by atoms with Crippen molar-refractivity contribution in [2.45, 2.75) is 31.6 Å². The minimum atomic E-state index is -3.81. The largest absolute Gasteiger partial charge is 0.494 e. The second-order valence-electron chi connectivity index (χ2n) is 7.72. The second kappa shape index (κ2) is 11.0. The van der Waals surface area contributed by atoms with Crippen molar-refractivity contribution in [2.24, 2.45) is 0 Å². The number of sulfonamides is 1. The van der Waals surface area contributed by atoms with Crippen LogP contribution in [0.5, 0.6) is 5.75 Å². The molecule has 1 aliphatic carbocycles. The summed E-state index contributed by atoms with van der Waals surface area (Å²) in [7, 11) is -6.91. The predicted octanol–water partition coefficient (Wildman–Crippen LogP) is 6.20. The normalized spacial score (nSPS) is 12.9. The summed E-state index contributed by atoms with van der Waals surface area (Å²) in [5.74, 6) is 0.509. The molecule has 1 aromatic heterocycles. The highest BCUT2D eigenvalue weighted by atomic mass is 35.5. The molecule has 0 spiro atoms. The van der Waals surface area contributed by atoms with Crippen molar-refractivity contribution in [1.82, 2.24) is 4.98 Å². The van der Waals surface area contributed by atoms with Crippen LogP contribution < -0.4 is 9.46 Å². The van der Waals surface area contributed by atoms with E-state index in [2.05, 4.69) is 9.71 Å². The number of aromatic nitrogens is 1. The van der Waals surface area contributed by atoms with Crippen LogP contribution in [0.3, 0.4) is 0 Å². The van der Waals surface area contributed by atoms with Gasteiger partial charge in [0.2, 0.25) is 0 Å².